The highest BCUT2D eigenvalue weighted by Crippen LogP contribution is 2.25. The van der Waals surface area contributed by atoms with Gasteiger partial charge < -0.3 is 9.63 Å². The van der Waals surface area contributed by atoms with Gasteiger partial charge in [-0.15, -0.1) is 0 Å². The molecule has 0 bridgehead atoms. The Labute approximate surface area is 139 Å². The number of aromatic nitrogens is 1. The summed E-state index contributed by atoms with van der Waals surface area (Å²) in [6.07, 6.45) is 0. The lowest BCUT2D eigenvalue weighted by molar-refractivity contribution is 0.0652. The fourth-order valence-corrected chi connectivity index (χ4v) is 3.07. The Morgan fingerprint density at radius 2 is 1.75 bits per heavy atom. The van der Waals surface area contributed by atoms with Gasteiger partial charge in [-0.25, -0.2) is 4.79 Å². The molecule has 2 heterocycles. The van der Waals surface area contributed by atoms with Gasteiger partial charge in [-0.1, -0.05) is 53.7 Å². The molecule has 0 spiro atoms. The van der Waals surface area contributed by atoms with Gasteiger partial charge in [0.05, 0.1) is 0 Å². The van der Waals surface area contributed by atoms with Gasteiger partial charge >= 0.3 is 5.97 Å². The summed E-state index contributed by atoms with van der Waals surface area (Å²) in [5.74, 6) is -1.26. The molecule has 3 aromatic rings. The predicted molar refractivity (Wildman–Crippen MR) is 88.3 cm³/mol. The smallest absolute Gasteiger partial charge is 0.374 e. The molecule has 5 heteroatoms. The number of aromatic carboxylic acids is 1. The average molecular weight is 320 g/mol. The summed E-state index contributed by atoms with van der Waals surface area (Å²) in [6.45, 7) is 2.83. The maximum atomic E-state index is 10.8. The normalized spacial score (nSPS) is 13.8. The van der Waals surface area contributed by atoms with Gasteiger partial charge in [0.15, 0.2) is 0 Å². The monoisotopic (exact) mass is 320 g/mol. The molecule has 24 heavy (non-hydrogen) atoms. The highest BCUT2D eigenvalue weighted by Gasteiger charge is 2.18. The van der Waals surface area contributed by atoms with E-state index in [2.05, 4.69) is 34.3 Å². The van der Waals surface area contributed by atoms with Crippen LogP contribution in [0.15, 0.2) is 59.1 Å². The molecule has 5 nitrogen and oxygen atoms in total. The molecular formula is C19H16N2O3. The molecule has 2 aromatic carbocycles. The number of benzene rings is 2. The Morgan fingerprint density at radius 1 is 1.08 bits per heavy atom. The van der Waals surface area contributed by atoms with Crippen molar-refractivity contribution in [2.24, 2.45) is 0 Å². The second-order valence-corrected chi connectivity index (χ2v) is 5.99. The number of carbonyl (C=O) groups is 1. The van der Waals surface area contributed by atoms with Crippen LogP contribution in [-0.4, -0.2) is 21.1 Å². The SMILES string of the molecule is O=C(O)c1cc(-c2ccc(CN3Cc4ccccc4C3)cc2)no1. The van der Waals surface area contributed by atoms with E-state index in [-0.39, 0.29) is 5.76 Å². The minimum absolute atomic E-state index is 0.149. The van der Waals surface area contributed by atoms with Crippen molar-refractivity contribution < 1.29 is 14.4 Å². The summed E-state index contributed by atoms with van der Waals surface area (Å²) in [7, 11) is 0. The molecule has 1 aliphatic heterocycles. The van der Waals surface area contributed by atoms with Gasteiger partial charge in [-0.3, -0.25) is 4.90 Å². The van der Waals surface area contributed by atoms with E-state index in [0.29, 0.717) is 5.69 Å². The Morgan fingerprint density at radius 3 is 2.33 bits per heavy atom. The Hall–Kier alpha value is -2.92. The van der Waals surface area contributed by atoms with Crippen molar-refractivity contribution in [1.29, 1.82) is 0 Å². The Bertz CT molecular complexity index is 859. The van der Waals surface area contributed by atoms with Crippen LogP contribution < -0.4 is 0 Å². The molecule has 1 aromatic heterocycles. The molecule has 0 saturated heterocycles. The Kier molecular flexibility index (Phi) is 3.63. The van der Waals surface area contributed by atoms with Crippen LogP contribution in [0.2, 0.25) is 0 Å². The third-order valence-corrected chi connectivity index (χ3v) is 4.28. The molecule has 0 saturated carbocycles. The minimum atomic E-state index is -1.11. The van der Waals surface area contributed by atoms with E-state index in [0.717, 1.165) is 25.2 Å². The van der Waals surface area contributed by atoms with Crippen molar-refractivity contribution >= 4 is 5.97 Å². The Balaban J connectivity index is 1.46. The zero-order valence-corrected chi connectivity index (χ0v) is 13.0. The number of carboxylic acids is 1. The van der Waals surface area contributed by atoms with Crippen molar-refractivity contribution in [3.8, 4) is 11.3 Å². The first kappa shape index (κ1) is 14.7. The van der Waals surface area contributed by atoms with Crippen LogP contribution in [-0.2, 0) is 19.6 Å². The molecule has 1 aliphatic rings. The van der Waals surface area contributed by atoms with Crippen molar-refractivity contribution in [1.82, 2.24) is 10.1 Å². The topological polar surface area (TPSA) is 66.6 Å². The quantitative estimate of drug-likeness (QED) is 0.796. The van der Waals surface area contributed by atoms with Crippen molar-refractivity contribution in [2.75, 3.05) is 0 Å². The molecule has 1 N–H and O–H groups in total. The summed E-state index contributed by atoms with van der Waals surface area (Å²) in [5, 5.41) is 12.7. The summed E-state index contributed by atoms with van der Waals surface area (Å²) >= 11 is 0. The standard InChI is InChI=1S/C19H16N2O3/c22-19(23)18-9-17(20-24-18)14-7-5-13(6-8-14)10-21-11-15-3-1-2-4-16(15)12-21/h1-9H,10-12H2,(H,22,23). The van der Waals surface area contributed by atoms with E-state index in [1.54, 1.807) is 0 Å². The number of hydrogen-bond donors (Lipinski definition) is 1. The van der Waals surface area contributed by atoms with Crippen molar-refractivity contribution in [2.45, 2.75) is 19.6 Å². The molecular weight excluding hydrogens is 304 g/mol. The van der Waals surface area contributed by atoms with E-state index in [4.69, 9.17) is 9.63 Å². The largest absolute Gasteiger partial charge is 0.475 e. The average Bonchev–Trinajstić information content (AvgIpc) is 3.22. The zero-order chi connectivity index (χ0) is 16.5. The molecule has 0 aliphatic carbocycles. The summed E-state index contributed by atoms with van der Waals surface area (Å²) < 4.78 is 4.80. The zero-order valence-electron chi connectivity index (χ0n) is 13.0. The van der Waals surface area contributed by atoms with E-state index in [1.807, 2.05) is 24.3 Å². The van der Waals surface area contributed by atoms with Crippen molar-refractivity contribution in [3.05, 3.63) is 77.0 Å². The predicted octanol–water partition coefficient (Wildman–Crippen LogP) is 3.56. The van der Waals surface area contributed by atoms with Gasteiger partial charge in [0.1, 0.15) is 5.69 Å². The van der Waals surface area contributed by atoms with E-state index < -0.39 is 5.97 Å². The molecule has 4 rings (SSSR count). The highest BCUT2D eigenvalue weighted by molar-refractivity contribution is 5.85. The number of carboxylic acid groups (broad SMARTS) is 1. The van der Waals surface area contributed by atoms with E-state index >= 15 is 0 Å². The first-order valence-corrected chi connectivity index (χ1v) is 7.77. The van der Waals surface area contributed by atoms with E-state index in [1.165, 1.54) is 22.8 Å². The van der Waals surface area contributed by atoms with Crippen LogP contribution >= 0.6 is 0 Å². The lowest BCUT2D eigenvalue weighted by Crippen LogP contribution is -2.15. The third kappa shape index (κ3) is 2.81. The van der Waals surface area contributed by atoms with Gasteiger partial charge in [-0.2, -0.15) is 0 Å². The van der Waals surface area contributed by atoms with Crippen LogP contribution in [0, 0.1) is 0 Å². The van der Waals surface area contributed by atoms with Gasteiger partial charge in [0, 0.05) is 31.3 Å². The van der Waals surface area contributed by atoms with Crippen LogP contribution in [0.4, 0.5) is 0 Å². The van der Waals surface area contributed by atoms with Crippen LogP contribution in [0.25, 0.3) is 11.3 Å². The maximum Gasteiger partial charge on any atom is 0.374 e. The molecule has 120 valence electrons. The first-order chi connectivity index (χ1) is 11.7. The number of hydrogen-bond acceptors (Lipinski definition) is 4. The fraction of sp³-hybridized carbons (Fsp3) is 0.158. The molecule has 0 fully saturated rings. The van der Waals surface area contributed by atoms with Crippen molar-refractivity contribution in [3.63, 3.8) is 0 Å². The summed E-state index contributed by atoms with van der Waals surface area (Å²) in [5.41, 5.74) is 5.40. The number of fused-ring (bicyclic) bond motifs is 1. The number of rotatable bonds is 4. The lowest BCUT2D eigenvalue weighted by atomic mass is 10.1. The molecule has 0 unspecified atom stereocenters. The van der Waals surface area contributed by atoms with Crippen LogP contribution in [0.3, 0.4) is 0 Å². The van der Waals surface area contributed by atoms with Gasteiger partial charge in [0.25, 0.3) is 0 Å². The second kappa shape index (κ2) is 5.94. The summed E-state index contributed by atoms with van der Waals surface area (Å²) in [6, 6.07) is 18.0. The van der Waals surface area contributed by atoms with Gasteiger partial charge in [0.2, 0.25) is 5.76 Å². The van der Waals surface area contributed by atoms with Crippen LogP contribution in [0.1, 0.15) is 27.2 Å². The highest BCUT2D eigenvalue weighted by atomic mass is 16.5. The molecule has 0 radical (unpaired) electrons. The fourth-order valence-electron chi connectivity index (χ4n) is 3.07. The van der Waals surface area contributed by atoms with Crippen LogP contribution in [0.5, 0.6) is 0 Å². The molecule has 0 atom stereocenters. The lowest BCUT2D eigenvalue weighted by Gasteiger charge is -2.14. The maximum absolute atomic E-state index is 10.8. The van der Waals surface area contributed by atoms with Gasteiger partial charge in [-0.05, 0) is 16.7 Å². The summed E-state index contributed by atoms with van der Waals surface area (Å²) in [4.78, 5) is 13.2. The van der Waals surface area contributed by atoms with E-state index in [9.17, 15) is 4.79 Å². The first-order valence-electron chi connectivity index (χ1n) is 7.77. The third-order valence-electron chi connectivity index (χ3n) is 4.28. The minimum Gasteiger partial charge on any atom is -0.475 e. The number of nitrogens with zero attached hydrogens (tertiary/aromatic N) is 2. The second-order valence-electron chi connectivity index (χ2n) is 5.99. The molecule has 0 amide bonds.